The van der Waals surface area contributed by atoms with Crippen molar-refractivity contribution in [2.45, 2.75) is 44.7 Å². The fraction of sp³-hybridized carbons (Fsp3) is 0.533. The molecule has 0 aliphatic carbocycles. The zero-order chi connectivity index (χ0) is 14.5. The van der Waals surface area contributed by atoms with Crippen LogP contribution in [0.25, 0.3) is 0 Å². The Balaban J connectivity index is 2.04. The van der Waals surface area contributed by atoms with Crippen LogP contribution >= 0.6 is 11.6 Å². The summed E-state index contributed by atoms with van der Waals surface area (Å²) in [6, 6.07) is 5.25. The number of aliphatic carboxylic acids is 1. The molecular formula is C15H19ClFNO2. The third-order valence-corrected chi connectivity index (χ3v) is 4.14. The molecule has 0 radical (unpaired) electrons. The van der Waals surface area contributed by atoms with Gasteiger partial charge in [-0.1, -0.05) is 30.2 Å². The predicted octanol–water partition coefficient (Wildman–Crippen LogP) is 3.70. The Morgan fingerprint density at radius 3 is 3.00 bits per heavy atom. The maximum atomic E-state index is 13.9. The minimum absolute atomic E-state index is 0.140. The predicted molar refractivity (Wildman–Crippen MR) is 76.3 cm³/mol. The molecule has 110 valence electrons. The van der Waals surface area contributed by atoms with Gasteiger partial charge in [0.05, 0.1) is 5.02 Å². The molecule has 1 aliphatic rings. The Hall–Kier alpha value is -1.13. The smallest absolute Gasteiger partial charge is 0.303 e. The summed E-state index contributed by atoms with van der Waals surface area (Å²) >= 11 is 5.80. The molecule has 1 aromatic carbocycles. The topological polar surface area (TPSA) is 40.5 Å². The molecule has 1 aromatic rings. The normalized spacial score (nSPS) is 20.0. The molecule has 0 saturated carbocycles. The molecule has 0 spiro atoms. The number of hydrogen-bond acceptors (Lipinski definition) is 2. The van der Waals surface area contributed by atoms with Gasteiger partial charge in [0.1, 0.15) is 5.82 Å². The van der Waals surface area contributed by atoms with Crippen molar-refractivity contribution in [3.8, 4) is 0 Å². The van der Waals surface area contributed by atoms with E-state index in [1.165, 1.54) is 0 Å². The van der Waals surface area contributed by atoms with Gasteiger partial charge in [-0.2, -0.15) is 0 Å². The highest BCUT2D eigenvalue weighted by Gasteiger charge is 2.24. The third-order valence-electron chi connectivity index (χ3n) is 3.85. The molecule has 1 saturated heterocycles. The van der Waals surface area contributed by atoms with Gasteiger partial charge >= 0.3 is 5.97 Å². The van der Waals surface area contributed by atoms with E-state index in [2.05, 4.69) is 4.90 Å². The summed E-state index contributed by atoms with van der Waals surface area (Å²) in [6.07, 6.45) is 3.96. The number of hydrogen-bond donors (Lipinski definition) is 1. The number of likely N-dealkylation sites (tertiary alicyclic amines) is 1. The van der Waals surface area contributed by atoms with Crippen LogP contribution in [0.5, 0.6) is 0 Å². The largest absolute Gasteiger partial charge is 0.481 e. The van der Waals surface area contributed by atoms with Crippen molar-refractivity contribution >= 4 is 17.6 Å². The zero-order valence-electron chi connectivity index (χ0n) is 11.3. The Morgan fingerprint density at radius 1 is 1.45 bits per heavy atom. The third kappa shape index (κ3) is 3.93. The fourth-order valence-corrected chi connectivity index (χ4v) is 2.97. The van der Waals surface area contributed by atoms with E-state index in [-0.39, 0.29) is 23.3 Å². The van der Waals surface area contributed by atoms with Crippen molar-refractivity contribution in [3.05, 3.63) is 34.6 Å². The maximum absolute atomic E-state index is 13.9. The number of rotatable bonds is 5. The van der Waals surface area contributed by atoms with Crippen LogP contribution in [0, 0.1) is 5.82 Å². The van der Waals surface area contributed by atoms with Crippen molar-refractivity contribution in [2.24, 2.45) is 0 Å². The summed E-state index contributed by atoms with van der Waals surface area (Å²) in [5, 5.41) is 8.95. The highest BCUT2D eigenvalue weighted by Crippen LogP contribution is 2.25. The van der Waals surface area contributed by atoms with Crippen LogP contribution in [0.4, 0.5) is 4.39 Å². The van der Waals surface area contributed by atoms with E-state index in [4.69, 9.17) is 16.7 Å². The van der Waals surface area contributed by atoms with E-state index >= 15 is 0 Å². The lowest BCUT2D eigenvalue weighted by Gasteiger charge is -2.35. The van der Waals surface area contributed by atoms with Gasteiger partial charge in [-0.3, -0.25) is 9.69 Å². The minimum atomic E-state index is -0.774. The number of benzene rings is 1. The summed E-state index contributed by atoms with van der Waals surface area (Å²) in [7, 11) is 0. The molecule has 2 rings (SSSR count). The van der Waals surface area contributed by atoms with Gasteiger partial charge in [0, 0.05) is 24.6 Å². The van der Waals surface area contributed by atoms with Crippen LogP contribution in [-0.2, 0) is 11.3 Å². The first kappa shape index (κ1) is 15.3. The molecule has 0 amide bonds. The second kappa shape index (κ2) is 7.04. The summed E-state index contributed by atoms with van der Waals surface area (Å²) < 4.78 is 13.9. The second-order valence-electron chi connectivity index (χ2n) is 5.27. The lowest BCUT2D eigenvalue weighted by atomic mass is 9.97. The number of piperidine rings is 1. The molecule has 1 unspecified atom stereocenters. The van der Waals surface area contributed by atoms with Gasteiger partial charge in [0.25, 0.3) is 0 Å². The Kier molecular flexibility index (Phi) is 5.38. The molecule has 1 heterocycles. The molecular weight excluding hydrogens is 281 g/mol. The summed E-state index contributed by atoms with van der Waals surface area (Å²) in [5.41, 5.74) is 0.583. The Morgan fingerprint density at radius 2 is 2.25 bits per heavy atom. The average molecular weight is 300 g/mol. The van der Waals surface area contributed by atoms with Gasteiger partial charge in [-0.05, 0) is 31.9 Å². The number of carboxylic acid groups (broad SMARTS) is 1. The second-order valence-corrected chi connectivity index (χ2v) is 5.67. The summed E-state index contributed by atoms with van der Waals surface area (Å²) in [5.74, 6) is -1.14. The standard InChI is InChI=1S/C15H19ClFNO2/c16-13-6-3-4-11(15(13)17)10-18-9-2-1-5-12(18)7-8-14(19)20/h3-4,6,12H,1-2,5,7-10H2,(H,19,20). The fourth-order valence-electron chi connectivity index (χ4n) is 2.77. The van der Waals surface area contributed by atoms with Crippen LogP contribution in [-0.4, -0.2) is 28.6 Å². The monoisotopic (exact) mass is 299 g/mol. The van der Waals surface area contributed by atoms with Crippen LogP contribution < -0.4 is 0 Å². The van der Waals surface area contributed by atoms with Crippen molar-refractivity contribution in [1.29, 1.82) is 0 Å². The summed E-state index contributed by atoms with van der Waals surface area (Å²) in [4.78, 5) is 12.9. The van der Waals surface area contributed by atoms with E-state index in [0.717, 1.165) is 25.8 Å². The van der Waals surface area contributed by atoms with E-state index in [9.17, 15) is 9.18 Å². The number of carboxylic acids is 1. The molecule has 20 heavy (non-hydrogen) atoms. The van der Waals surface area contributed by atoms with E-state index in [0.29, 0.717) is 18.5 Å². The lowest BCUT2D eigenvalue weighted by molar-refractivity contribution is -0.137. The maximum Gasteiger partial charge on any atom is 0.303 e. The van der Waals surface area contributed by atoms with Gasteiger partial charge in [0.15, 0.2) is 0 Å². The van der Waals surface area contributed by atoms with Crippen molar-refractivity contribution in [2.75, 3.05) is 6.54 Å². The molecule has 1 fully saturated rings. The van der Waals surface area contributed by atoms with Gasteiger partial charge in [-0.15, -0.1) is 0 Å². The molecule has 1 N–H and O–H groups in total. The number of carbonyl (C=O) groups is 1. The molecule has 3 nitrogen and oxygen atoms in total. The number of halogens is 2. The molecule has 1 aliphatic heterocycles. The quantitative estimate of drug-likeness (QED) is 0.901. The van der Waals surface area contributed by atoms with Crippen molar-refractivity contribution in [3.63, 3.8) is 0 Å². The van der Waals surface area contributed by atoms with Gasteiger partial charge < -0.3 is 5.11 Å². The van der Waals surface area contributed by atoms with Gasteiger partial charge in [-0.25, -0.2) is 4.39 Å². The molecule has 0 bridgehead atoms. The lowest BCUT2D eigenvalue weighted by Crippen LogP contribution is -2.39. The minimum Gasteiger partial charge on any atom is -0.481 e. The highest BCUT2D eigenvalue weighted by atomic mass is 35.5. The van der Waals surface area contributed by atoms with Gasteiger partial charge in [0.2, 0.25) is 0 Å². The van der Waals surface area contributed by atoms with Crippen LogP contribution in [0.1, 0.15) is 37.7 Å². The van der Waals surface area contributed by atoms with E-state index in [1.54, 1.807) is 18.2 Å². The Labute approximate surface area is 123 Å². The van der Waals surface area contributed by atoms with Crippen LogP contribution in [0.15, 0.2) is 18.2 Å². The first-order chi connectivity index (χ1) is 9.58. The first-order valence-electron chi connectivity index (χ1n) is 6.96. The highest BCUT2D eigenvalue weighted by molar-refractivity contribution is 6.30. The van der Waals surface area contributed by atoms with Crippen LogP contribution in [0.3, 0.4) is 0 Å². The Bertz CT molecular complexity index is 481. The average Bonchev–Trinajstić information content (AvgIpc) is 2.43. The molecule has 1 atom stereocenters. The van der Waals surface area contributed by atoms with E-state index in [1.807, 2.05) is 0 Å². The van der Waals surface area contributed by atoms with Crippen molar-refractivity contribution in [1.82, 2.24) is 4.90 Å². The van der Waals surface area contributed by atoms with Crippen molar-refractivity contribution < 1.29 is 14.3 Å². The first-order valence-corrected chi connectivity index (χ1v) is 7.34. The van der Waals surface area contributed by atoms with Crippen LogP contribution in [0.2, 0.25) is 5.02 Å². The number of nitrogens with zero attached hydrogens (tertiary/aromatic N) is 1. The molecule has 5 heteroatoms. The SMILES string of the molecule is O=C(O)CCC1CCCCN1Cc1cccc(Cl)c1F. The van der Waals surface area contributed by atoms with E-state index < -0.39 is 5.97 Å². The summed E-state index contributed by atoms with van der Waals surface area (Å²) in [6.45, 7) is 1.38. The molecule has 0 aromatic heterocycles. The zero-order valence-corrected chi connectivity index (χ0v) is 12.1.